The van der Waals surface area contributed by atoms with Crippen LogP contribution in [-0.4, -0.2) is 17.0 Å². The molecule has 0 aliphatic carbocycles. The summed E-state index contributed by atoms with van der Waals surface area (Å²) < 4.78 is 10.5. The zero-order valence-electron chi connectivity index (χ0n) is 18.9. The molecule has 5 heteroatoms. The van der Waals surface area contributed by atoms with Crippen LogP contribution in [0.3, 0.4) is 0 Å². The molecule has 0 radical (unpaired) electrons. The summed E-state index contributed by atoms with van der Waals surface area (Å²) in [4.78, 5) is 24.7. The van der Waals surface area contributed by atoms with E-state index in [0.29, 0.717) is 16.9 Å². The first kappa shape index (κ1) is 22.8. The Labute approximate surface area is 198 Å². The molecular formula is C29H24O5. The number of hydrogen-bond acceptors (Lipinski definition) is 5. The molecule has 0 spiro atoms. The maximum atomic E-state index is 12.5. The molecule has 0 fully saturated rings. The summed E-state index contributed by atoms with van der Waals surface area (Å²) in [5, 5.41) is 9.36. The molecule has 0 aromatic heterocycles. The Hall–Kier alpha value is -4.38. The maximum Gasteiger partial charge on any atom is 0.519 e. The normalized spacial score (nSPS) is 11.0. The van der Waals surface area contributed by atoms with E-state index in [4.69, 9.17) is 9.47 Å². The maximum absolute atomic E-state index is 12.5. The highest BCUT2D eigenvalue weighted by atomic mass is 16.7. The molecular weight excluding hydrogens is 428 g/mol. The van der Waals surface area contributed by atoms with Gasteiger partial charge in [0.15, 0.2) is 5.78 Å². The Morgan fingerprint density at radius 3 is 1.59 bits per heavy atom. The average Bonchev–Trinajstić information content (AvgIpc) is 2.85. The van der Waals surface area contributed by atoms with E-state index in [1.54, 1.807) is 36.4 Å². The molecule has 0 bridgehead atoms. The molecule has 4 aromatic rings. The van der Waals surface area contributed by atoms with Gasteiger partial charge in [0.05, 0.1) is 0 Å². The van der Waals surface area contributed by atoms with Gasteiger partial charge in [-0.3, -0.25) is 4.79 Å². The summed E-state index contributed by atoms with van der Waals surface area (Å²) in [7, 11) is 0. The van der Waals surface area contributed by atoms with E-state index in [0.717, 1.165) is 5.56 Å². The molecule has 5 nitrogen and oxygen atoms in total. The molecule has 34 heavy (non-hydrogen) atoms. The van der Waals surface area contributed by atoms with Gasteiger partial charge in [0.2, 0.25) is 0 Å². The van der Waals surface area contributed by atoms with E-state index >= 15 is 0 Å². The fourth-order valence-electron chi connectivity index (χ4n) is 3.63. The second kappa shape index (κ2) is 9.63. The summed E-state index contributed by atoms with van der Waals surface area (Å²) in [5.74, 6) is 0.520. The summed E-state index contributed by atoms with van der Waals surface area (Å²) in [6, 6.07) is 29.7. The van der Waals surface area contributed by atoms with Gasteiger partial charge in [-0.25, -0.2) is 4.79 Å². The third-order valence-electron chi connectivity index (χ3n) is 5.72. The third-order valence-corrected chi connectivity index (χ3v) is 5.72. The number of phenols is 1. The lowest BCUT2D eigenvalue weighted by atomic mass is 9.78. The Bertz CT molecular complexity index is 1270. The predicted molar refractivity (Wildman–Crippen MR) is 130 cm³/mol. The number of aromatic hydroxyl groups is 1. The van der Waals surface area contributed by atoms with Crippen molar-refractivity contribution in [1.29, 1.82) is 0 Å². The number of benzene rings is 4. The first-order valence-corrected chi connectivity index (χ1v) is 10.8. The Balaban J connectivity index is 1.37. The van der Waals surface area contributed by atoms with Crippen LogP contribution in [-0.2, 0) is 5.41 Å². The minimum absolute atomic E-state index is 0.0911. The summed E-state index contributed by atoms with van der Waals surface area (Å²) in [5.41, 5.74) is 2.97. The van der Waals surface area contributed by atoms with Crippen molar-refractivity contribution in [1.82, 2.24) is 0 Å². The fourth-order valence-corrected chi connectivity index (χ4v) is 3.63. The number of hydrogen-bond donors (Lipinski definition) is 1. The molecule has 0 atom stereocenters. The van der Waals surface area contributed by atoms with Crippen molar-refractivity contribution in [3.63, 3.8) is 0 Å². The van der Waals surface area contributed by atoms with Crippen LogP contribution in [0.1, 0.15) is 40.9 Å². The minimum Gasteiger partial charge on any atom is -0.508 e. The molecule has 0 heterocycles. The number of carbonyl (C=O) groups is 2. The lowest BCUT2D eigenvalue weighted by Crippen LogP contribution is -2.19. The molecule has 0 amide bonds. The van der Waals surface area contributed by atoms with Gasteiger partial charge in [-0.05, 0) is 71.8 Å². The minimum atomic E-state index is -0.868. The monoisotopic (exact) mass is 452 g/mol. The highest BCUT2D eigenvalue weighted by Crippen LogP contribution is 2.32. The van der Waals surface area contributed by atoms with Crippen LogP contribution >= 0.6 is 0 Å². The fraction of sp³-hybridized carbons (Fsp3) is 0.103. The summed E-state index contributed by atoms with van der Waals surface area (Å²) >= 11 is 0. The van der Waals surface area contributed by atoms with E-state index in [-0.39, 0.29) is 22.7 Å². The molecule has 0 aliphatic heterocycles. The molecule has 0 saturated heterocycles. The van der Waals surface area contributed by atoms with Gasteiger partial charge in [0, 0.05) is 16.5 Å². The topological polar surface area (TPSA) is 72.8 Å². The van der Waals surface area contributed by atoms with E-state index in [1.165, 1.54) is 29.8 Å². The van der Waals surface area contributed by atoms with Crippen LogP contribution in [0.15, 0.2) is 103 Å². The SMILES string of the molecule is CC(C)(c1ccccc1)c1ccc(OC(=O)Oc2ccc(C(=O)c3ccc(O)cc3)cc2)cc1. The van der Waals surface area contributed by atoms with Crippen molar-refractivity contribution < 1.29 is 24.2 Å². The van der Waals surface area contributed by atoms with E-state index in [9.17, 15) is 14.7 Å². The van der Waals surface area contributed by atoms with Gasteiger partial charge in [0.1, 0.15) is 17.2 Å². The van der Waals surface area contributed by atoms with E-state index in [1.807, 2.05) is 30.3 Å². The molecule has 4 rings (SSSR count). The number of phenolic OH excluding ortho intramolecular Hbond substituents is 1. The van der Waals surface area contributed by atoms with Gasteiger partial charge in [0.25, 0.3) is 0 Å². The van der Waals surface area contributed by atoms with Crippen molar-refractivity contribution >= 4 is 11.9 Å². The molecule has 4 aromatic carbocycles. The number of rotatable bonds is 6. The first-order chi connectivity index (χ1) is 16.3. The van der Waals surface area contributed by atoms with Crippen LogP contribution in [0.25, 0.3) is 0 Å². The zero-order valence-corrected chi connectivity index (χ0v) is 18.9. The number of ether oxygens (including phenoxy) is 2. The largest absolute Gasteiger partial charge is 0.519 e. The smallest absolute Gasteiger partial charge is 0.508 e. The quantitative estimate of drug-likeness (QED) is 0.205. The van der Waals surface area contributed by atoms with Crippen molar-refractivity contribution in [3.05, 3.63) is 125 Å². The summed E-state index contributed by atoms with van der Waals surface area (Å²) in [6.45, 7) is 4.28. The molecule has 170 valence electrons. The second-order valence-corrected chi connectivity index (χ2v) is 8.37. The van der Waals surface area contributed by atoms with Crippen molar-refractivity contribution in [3.8, 4) is 17.2 Å². The number of carbonyl (C=O) groups excluding carboxylic acids is 2. The van der Waals surface area contributed by atoms with Crippen molar-refractivity contribution in [2.24, 2.45) is 0 Å². The van der Waals surface area contributed by atoms with Gasteiger partial charge in [-0.2, -0.15) is 0 Å². The van der Waals surface area contributed by atoms with Crippen LogP contribution < -0.4 is 9.47 Å². The lowest BCUT2D eigenvalue weighted by molar-refractivity contribution is 0.103. The van der Waals surface area contributed by atoms with Crippen LogP contribution in [0, 0.1) is 0 Å². The van der Waals surface area contributed by atoms with Gasteiger partial charge < -0.3 is 14.6 Å². The van der Waals surface area contributed by atoms with Gasteiger partial charge >= 0.3 is 6.16 Å². The highest BCUT2D eigenvalue weighted by molar-refractivity contribution is 6.09. The lowest BCUT2D eigenvalue weighted by Gasteiger charge is -2.26. The molecule has 0 aliphatic rings. The molecule has 1 N–H and O–H groups in total. The second-order valence-electron chi connectivity index (χ2n) is 8.37. The van der Waals surface area contributed by atoms with E-state index in [2.05, 4.69) is 26.0 Å². The Kier molecular flexibility index (Phi) is 6.46. The summed E-state index contributed by atoms with van der Waals surface area (Å²) in [6.07, 6.45) is -0.868. The van der Waals surface area contributed by atoms with Crippen LogP contribution in [0.5, 0.6) is 17.2 Å². The van der Waals surface area contributed by atoms with Crippen LogP contribution in [0.2, 0.25) is 0 Å². The molecule has 0 unspecified atom stereocenters. The first-order valence-electron chi connectivity index (χ1n) is 10.8. The standard InChI is InChI=1S/C29H24O5/c1-29(2,22-6-4-3-5-7-22)23-12-18-26(19-13-23)34-28(32)33-25-16-10-21(11-17-25)27(31)20-8-14-24(30)15-9-20/h3-19,30H,1-2H3. The molecule has 0 saturated carbocycles. The highest BCUT2D eigenvalue weighted by Gasteiger charge is 2.23. The average molecular weight is 453 g/mol. The van der Waals surface area contributed by atoms with Crippen molar-refractivity contribution in [2.75, 3.05) is 0 Å². The van der Waals surface area contributed by atoms with E-state index < -0.39 is 6.16 Å². The Morgan fingerprint density at radius 1 is 0.618 bits per heavy atom. The van der Waals surface area contributed by atoms with Crippen molar-refractivity contribution in [2.45, 2.75) is 19.3 Å². The Morgan fingerprint density at radius 2 is 1.06 bits per heavy atom. The number of ketones is 1. The van der Waals surface area contributed by atoms with Gasteiger partial charge in [-0.15, -0.1) is 0 Å². The third kappa shape index (κ3) is 5.15. The predicted octanol–water partition coefficient (Wildman–Crippen LogP) is 6.53. The van der Waals surface area contributed by atoms with Gasteiger partial charge in [-0.1, -0.05) is 56.3 Å². The zero-order chi connectivity index (χ0) is 24.1. The van der Waals surface area contributed by atoms with Crippen LogP contribution in [0.4, 0.5) is 4.79 Å².